The van der Waals surface area contributed by atoms with Crippen molar-refractivity contribution < 1.29 is 13.2 Å². The molecule has 0 atom stereocenters. The van der Waals surface area contributed by atoms with Gasteiger partial charge < -0.3 is 0 Å². The number of hydrogen-bond donors (Lipinski definition) is 1. The van der Waals surface area contributed by atoms with Gasteiger partial charge in [-0.05, 0) is 41.8 Å². The Kier molecular flexibility index (Phi) is 6.92. The Labute approximate surface area is 182 Å². The summed E-state index contributed by atoms with van der Waals surface area (Å²) in [6.45, 7) is -0.514. The first-order valence-corrected chi connectivity index (χ1v) is 11.3. The predicted octanol–water partition coefficient (Wildman–Crippen LogP) is 4.40. The zero-order chi connectivity index (χ0) is 20.9. The number of nitrogens with zero attached hydrogens (tertiary/aromatic N) is 2. The normalized spacial score (nSPS) is 11.5. The summed E-state index contributed by atoms with van der Waals surface area (Å²) in [5.41, 5.74) is 2.47. The number of halogens is 2. The average molecular weight is 468 g/mol. The first-order chi connectivity index (χ1) is 13.9. The first kappa shape index (κ1) is 21.3. The molecule has 1 aromatic heterocycles. The van der Waals surface area contributed by atoms with Gasteiger partial charge in [0.05, 0.1) is 21.8 Å². The Balaban J connectivity index is 1.89. The number of carbonyl (C=O) groups is 1. The highest BCUT2D eigenvalue weighted by Gasteiger charge is 2.28. The number of thiophene rings is 1. The van der Waals surface area contributed by atoms with Crippen molar-refractivity contribution in [1.82, 2.24) is 5.43 Å². The van der Waals surface area contributed by atoms with Crippen LogP contribution in [-0.4, -0.2) is 27.1 Å². The molecule has 10 heteroatoms. The number of amides is 1. The second kappa shape index (κ2) is 9.41. The van der Waals surface area contributed by atoms with E-state index in [4.69, 9.17) is 23.2 Å². The fourth-order valence-electron chi connectivity index (χ4n) is 2.40. The lowest BCUT2D eigenvalue weighted by molar-refractivity contribution is -0.119. The van der Waals surface area contributed by atoms with Crippen LogP contribution in [0.15, 0.2) is 76.0 Å². The van der Waals surface area contributed by atoms with Crippen LogP contribution in [0.5, 0.6) is 0 Å². The smallest absolute Gasteiger partial charge is 0.264 e. The van der Waals surface area contributed by atoms with Crippen molar-refractivity contribution in [3.63, 3.8) is 0 Å². The van der Waals surface area contributed by atoms with Gasteiger partial charge in [-0.3, -0.25) is 9.10 Å². The molecule has 0 bridgehead atoms. The molecule has 0 aliphatic rings. The van der Waals surface area contributed by atoms with E-state index in [0.29, 0.717) is 5.02 Å². The third kappa shape index (κ3) is 5.36. The topological polar surface area (TPSA) is 78.8 Å². The number of benzene rings is 2. The predicted molar refractivity (Wildman–Crippen MR) is 117 cm³/mol. The van der Waals surface area contributed by atoms with Crippen molar-refractivity contribution in [3.8, 4) is 0 Å². The fourth-order valence-corrected chi connectivity index (χ4v) is 5.01. The van der Waals surface area contributed by atoms with Crippen LogP contribution in [0.3, 0.4) is 0 Å². The van der Waals surface area contributed by atoms with E-state index in [1.807, 2.05) is 17.5 Å². The highest BCUT2D eigenvalue weighted by atomic mass is 35.5. The number of carbonyl (C=O) groups excluding carboxylic acids is 1. The van der Waals surface area contributed by atoms with Gasteiger partial charge in [0.2, 0.25) is 0 Å². The number of anilines is 1. The zero-order valence-corrected chi connectivity index (χ0v) is 18.0. The van der Waals surface area contributed by atoms with Crippen LogP contribution in [0.4, 0.5) is 5.69 Å². The monoisotopic (exact) mass is 467 g/mol. The van der Waals surface area contributed by atoms with Crippen LogP contribution < -0.4 is 9.73 Å². The Morgan fingerprint density at radius 1 is 1.10 bits per heavy atom. The minimum atomic E-state index is -4.06. The van der Waals surface area contributed by atoms with Crippen LogP contribution in [0, 0.1) is 0 Å². The van der Waals surface area contributed by atoms with Crippen LogP contribution >= 0.6 is 34.5 Å². The first-order valence-electron chi connectivity index (χ1n) is 8.26. The van der Waals surface area contributed by atoms with E-state index in [9.17, 15) is 13.2 Å². The molecular weight excluding hydrogens is 453 g/mol. The van der Waals surface area contributed by atoms with Crippen molar-refractivity contribution >= 4 is 62.4 Å². The summed E-state index contributed by atoms with van der Waals surface area (Å²) in [6.07, 6.45) is 1.48. The van der Waals surface area contributed by atoms with E-state index in [-0.39, 0.29) is 15.6 Å². The summed E-state index contributed by atoms with van der Waals surface area (Å²) in [5, 5.41) is 6.19. The van der Waals surface area contributed by atoms with Gasteiger partial charge in [0.25, 0.3) is 15.9 Å². The van der Waals surface area contributed by atoms with Gasteiger partial charge in [0.1, 0.15) is 6.54 Å². The lowest BCUT2D eigenvalue weighted by atomic mass is 10.3. The molecule has 3 rings (SSSR count). The van der Waals surface area contributed by atoms with E-state index in [1.165, 1.54) is 47.9 Å². The van der Waals surface area contributed by atoms with Crippen LogP contribution in [0.2, 0.25) is 10.0 Å². The molecule has 3 aromatic rings. The molecule has 1 N–H and O–H groups in total. The van der Waals surface area contributed by atoms with Crippen LogP contribution in [0.25, 0.3) is 0 Å². The van der Waals surface area contributed by atoms with Gasteiger partial charge in [-0.1, -0.05) is 47.5 Å². The second-order valence-corrected chi connectivity index (χ2v) is 9.41. The molecule has 0 aliphatic carbocycles. The van der Waals surface area contributed by atoms with E-state index in [0.717, 1.165) is 9.18 Å². The number of nitrogens with one attached hydrogen (secondary N) is 1. The minimum Gasteiger partial charge on any atom is -0.271 e. The largest absolute Gasteiger partial charge is 0.271 e. The molecule has 0 saturated heterocycles. The molecule has 0 saturated carbocycles. The third-order valence-corrected chi connectivity index (χ3v) is 6.84. The number of hydrogen-bond acceptors (Lipinski definition) is 5. The molecule has 150 valence electrons. The molecule has 1 heterocycles. The SMILES string of the molecule is O=C(CN(c1ccc(Cl)cc1Cl)S(=O)(=O)c1ccccc1)N/N=C\c1cccs1. The van der Waals surface area contributed by atoms with E-state index >= 15 is 0 Å². The van der Waals surface area contributed by atoms with E-state index in [1.54, 1.807) is 18.2 Å². The maximum Gasteiger partial charge on any atom is 0.264 e. The molecule has 0 aliphatic heterocycles. The molecule has 0 fully saturated rings. The molecule has 0 radical (unpaired) electrons. The molecule has 2 aromatic carbocycles. The molecule has 6 nitrogen and oxygen atoms in total. The average Bonchev–Trinajstić information content (AvgIpc) is 3.21. The quantitative estimate of drug-likeness (QED) is 0.413. The molecule has 1 amide bonds. The number of sulfonamides is 1. The maximum absolute atomic E-state index is 13.2. The molecule has 29 heavy (non-hydrogen) atoms. The Bertz CT molecular complexity index is 1120. The molecule has 0 unspecified atom stereocenters. The van der Waals surface area contributed by atoms with Crippen molar-refractivity contribution in [3.05, 3.63) is 81.0 Å². The summed E-state index contributed by atoms with van der Waals surface area (Å²) in [5.74, 6) is -0.622. The minimum absolute atomic E-state index is 0.0286. The highest BCUT2D eigenvalue weighted by molar-refractivity contribution is 7.92. The van der Waals surface area contributed by atoms with Gasteiger partial charge >= 0.3 is 0 Å². The van der Waals surface area contributed by atoms with Crippen molar-refractivity contribution in [2.24, 2.45) is 5.10 Å². The maximum atomic E-state index is 13.2. The summed E-state index contributed by atoms with van der Waals surface area (Å²) >= 11 is 13.6. The summed E-state index contributed by atoms with van der Waals surface area (Å²) in [7, 11) is -4.06. The van der Waals surface area contributed by atoms with Gasteiger partial charge in [-0.2, -0.15) is 5.10 Å². The van der Waals surface area contributed by atoms with Crippen molar-refractivity contribution in [1.29, 1.82) is 0 Å². The Morgan fingerprint density at radius 2 is 1.86 bits per heavy atom. The van der Waals surface area contributed by atoms with Gasteiger partial charge in [-0.15, -0.1) is 11.3 Å². The van der Waals surface area contributed by atoms with Gasteiger partial charge in [0.15, 0.2) is 0 Å². The summed E-state index contributed by atoms with van der Waals surface area (Å²) in [4.78, 5) is 13.3. The number of hydrazone groups is 1. The fraction of sp³-hybridized carbons (Fsp3) is 0.0526. The Hall–Kier alpha value is -2.39. The second-order valence-electron chi connectivity index (χ2n) is 5.73. The van der Waals surface area contributed by atoms with Crippen LogP contribution in [-0.2, 0) is 14.8 Å². The standard InChI is InChI=1S/C19H15Cl2N3O3S2/c20-14-8-9-18(17(21)11-14)24(29(26,27)16-6-2-1-3-7-16)13-19(25)23-22-12-15-5-4-10-28-15/h1-12H,13H2,(H,23,25)/b22-12-. The van der Waals surface area contributed by atoms with Gasteiger partial charge in [0, 0.05) is 9.90 Å². The third-order valence-electron chi connectivity index (χ3n) is 3.72. The molecular formula is C19H15Cl2N3O3S2. The molecule has 0 spiro atoms. The summed E-state index contributed by atoms with van der Waals surface area (Å²) in [6, 6.07) is 15.8. The van der Waals surface area contributed by atoms with Crippen LogP contribution in [0.1, 0.15) is 4.88 Å². The van der Waals surface area contributed by atoms with E-state index in [2.05, 4.69) is 10.5 Å². The lowest BCUT2D eigenvalue weighted by Crippen LogP contribution is -2.39. The van der Waals surface area contributed by atoms with E-state index < -0.39 is 22.5 Å². The summed E-state index contributed by atoms with van der Waals surface area (Å²) < 4.78 is 27.3. The van der Waals surface area contributed by atoms with Crippen molar-refractivity contribution in [2.75, 3.05) is 10.8 Å². The number of rotatable bonds is 7. The zero-order valence-electron chi connectivity index (χ0n) is 14.8. The van der Waals surface area contributed by atoms with Gasteiger partial charge in [-0.25, -0.2) is 13.8 Å². The Morgan fingerprint density at radius 3 is 2.52 bits per heavy atom. The van der Waals surface area contributed by atoms with Crippen molar-refractivity contribution in [2.45, 2.75) is 4.90 Å². The highest BCUT2D eigenvalue weighted by Crippen LogP contribution is 2.32. The lowest BCUT2D eigenvalue weighted by Gasteiger charge is -2.24.